The highest BCUT2D eigenvalue weighted by molar-refractivity contribution is 6.32. The quantitative estimate of drug-likeness (QED) is 0.162. The predicted octanol–water partition coefficient (Wildman–Crippen LogP) is 6.17. The molecule has 2 aliphatic carbocycles. The van der Waals surface area contributed by atoms with E-state index in [0.29, 0.717) is 28.3 Å². The van der Waals surface area contributed by atoms with Crippen molar-refractivity contribution in [1.82, 2.24) is 4.90 Å². The van der Waals surface area contributed by atoms with Crippen LogP contribution in [0.3, 0.4) is 0 Å². The Balaban J connectivity index is 1.32. The third-order valence-electron chi connectivity index (χ3n) is 11.6. The van der Waals surface area contributed by atoms with Gasteiger partial charge in [-0.3, -0.25) is 24.1 Å². The number of carbonyl (C=O) groups excluding carboxylic acids is 4. The number of amides is 4. The Morgan fingerprint density at radius 1 is 0.792 bits per heavy atom. The Bertz CT molecular complexity index is 2160. The lowest BCUT2D eigenvalue weighted by atomic mass is 9.49. The molecule has 4 amide bonds. The number of nitrogens with zero attached hydrogens (tertiary/aromatic N) is 2. The first-order valence-electron chi connectivity index (χ1n) is 17.6. The van der Waals surface area contributed by atoms with Crippen LogP contribution in [-0.4, -0.2) is 59.5 Å². The molecule has 2 heterocycles. The summed E-state index contributed by atoms with van der Waals surface area (Å²) in [5, 5.41) is 20.8. The van der Waals surface area contributed by atoms with E-state index in [1.807, 2.05) is 36.4 Å². The fourth-order valence-corrected chi connectivity index (χ4v) is 9.64. The van der Waals surface area contributed by atoms with Gasteiger partial charge in [0.15, 0.2) is 0 Å². The van der Waals surface area contributed by atoms with Crippen molar-refractivity contribution < 1.29 is 38.9 Å². The number of fused-ring (bicyclic) bond motifs is 4. The largest absolute Gasteiger partial charge is 0.508 e. The van der Waals surface area contributed by atoms with Gasteiger partial charge >= 0.3 is 0 Å². The molecule has 4 aliphatic rings. The number of allylic oxidation sites excluding steroid dienone is 2. The molecule has 6 atom stereocenters. The summed E-state index contributed by atoms with van der Waals surface area (Å²) in [6.07, 6.45) is 2.77. The third-order valence-corrected chi connectivity index (χ3v) is 11.9. The molecule has 1 saturated carbocycles. The van der Waals surface area contributed by atoms with E-state index in [1.165, 1.54) is 36.2 Å². The number of imide groups is 2. The highest BCUT2D eigenvalue weighted by atomic mass is 35.5. The van der Waals surface area contributed by atoms with Crippen LogP contribution in [0.1, 0.15) is 35.4 Å². The van der Waals surface area contributed by atoms with Gasteiger partial charge in [-0.1, -0.05) is 71.8 Å². The molecule has 10 nitrogen and oxygen atoms in total. The molecule has 4 aromatic rings. The van der Waals surface area contributed by atoms with Gasteiger partial charge in [0.1, 0.15) is 23.0 Å². The fraction of sp³-hybridized carbons (Fsp3) is 0.286. The minimum Gasteiger partial charge on any atom is -0.508 e. The average Bonchev–Trinajstić information content (AvgIpc) is 3.54. The average molecular weight is 733 g/mol. The second-order valence-corrected chi connectivity index (χ2v) is 14.5. The van der Waals surface area contributed by atoms with Crippen LogP contribution >= 0.6 is 11.6 Å². The van der Waals surface area contributed by atoms with Gasteiger partial charge in [-0.05, 0) is 66.6 Å². The van der Waals surface area contributed by atoms with Crippen molar-refractivity contribution in [3.8, 4) is 23.0 Å². The zero-order valence-electron chi connectivity index (χ0n) is 29.1. The number of methoxy groups -OCH3 is 2. The summed E-state index contributed by atoms with van der Waals surface area (Å²) in [5.74, 6) is -4.85. The van der Waals surface area contributed by atoms with Gasteiger partial charge in [-0.2, -0.15) is 0 Å². The first kappa shape index (κ1) is 34.5. The van der Waals surface area contributed by atoms with Gasteiger partial charge in [-0.25, -0.2) is 4.90 Å². The summed E-state index contributed by atoms with van der Waals surface area (Å²) in [4.78, 5) is 61.6. The van der Waals surface area contributed by atoms with E-state index in [2.05, 4.69) is 0 Å². The Hall–Kier alpha value is -5.61. The molecule has 0 radical (unpaired) electrons. The van der Waals surface area contributed by atoms with E-state index < -0.39 is 46.8 Å². The minimum absolute atomic E-state index is 0.118. The number of aromatic hydroxyl groups is 2. The van der Waals surface area contributed by atoms with Crippen molar-refractivity contribution in [1.29, 1.82) is 0 Å². The topological polar surface area (TPSA) is 134 Å². The van der Waals surface area contributed by atoms with Crippen molar-refractivity contribution in [3.63, 3.8) is 0 Å². The van der Waals surface area contributed by atoms with E-state index in [1.54, 1.807) is 48.5 Å². The lowest BCUT2D eigenvalue weighted by Gasteiger charge is -2.51. The second-order valence-electron chi connectivity index (χ2n) is 14.1. The fourth-order valence-electron chi connectivity index (χ4n) is 9.46. The monoisotopic (exact) mass is 732 g/mol. The molecule has 3 fully saturated rings. The molecular weight excluding hydrogens is 696 g/mol. The van der Waals surface area contributed by atoms with Crippen LogP contribution in [0.25, 0.3) is 0 Å². The summed E-state index contributed by atoms with van der Waals surface area (Å²) < 4.78 is 11.8. The predicted molar refractivity (Wildman–Crippen MR) is 196 cm³/mol. The number of halogens is 1. The van der Waals surface area contributed by atoms with Crippen molar-refractivity contribution in [2.24, 2.45) is 23.7 Å². The van der Waals surface area contributed by atoms with Crippen LogP contribution in [0.15, 0.2) is 103 Å². The second kappa shape index (κ2) is 13.1. The zero-order chi connectivity index (χ0) is 37.2. The number of ether oxygens (including phenoxy) is 2. The van der Waals surface area contributed by atoms with Crippen LogP contribution in [0.2, 0.25) is 5.02 Å². The number of hydrogen-bond acceptors (Lipinski definition) is 8. The van der Waals surface area contributed by atoms with Crippen molar-refractivity contribution in [3.05, 3.63) is 124 Å². The summed E-state index contributed by atoms with van der Waals surface area (Å²) in [7, 11) is 2.92. The summed E-state index contributed by atoms with van der Waals surface area (Å²) in [6, 6.07) is 25.3. The molecule has 0 spiro atoms. The third kappa shape index (κ3) is 5.22. The molecule has 4 aromatic carbocycles. The van der Waals surface area contributed by atoms with E-state index in [4.69, 9.17) is 21.1 Å². The summed E-state index contributed by atoms with van der Waals surface area (Å²) >= 11 is 6.42. The number of anilines is 1. The molecule has 2 N–H and O–H groups in total. The maximum atomic E-state index is 15.5. The standard InChI is InChI=1S/C42H37ClN2O8/c1-52-33-20-28(47)21-34(53-2)36(33)37-29-15-16-30-35(40(50)44(38(30)48)18-17-23-11-13-27(46)14-12-23)31(29)22-32-39(49)45(26-10-6-9-25(43)19-26)41(51)42(32,37)24-7-4-3-5-8-24/h3-15,19-21,30-32,35,37,46-47H,16-18,22H2,1-2H3/t30-,31+,32-,35-,37+,42+/m0/s1. The number of rotatable bonds is 8. The number of carbonyl (C=O) groups is 4. The molecule has 0 aromatic heterocycles. The van der Waals surface area contributed by atoms with Crippen molar-refractivity contribution in [2.45, 2.75) is 30.6 Å². The number of likely N-dealkylation sites (tertiary alicyclic amines) is 1. The maximum Gasteiger partial charge on any atom is 0.246 e. The highest BCUT2D eigenvalue weighted by Crippen LogP contribution is 2.66. The Labute approximate surface area is 311 Å². The SMILES string of the molecule is COc1cc(O)cc(OC)c1[C@H]1C2=CC[C@@H]3C(=O)N(CCc4ccc(O)cc4)C(=O)[C@@H]3[C@@H]2C[C@H]2C(=O)N(c3cccc(Cl)c3)C(=O)[C@@]12c1ccccc1. The number of benzene rings is 4. The van der Waals surface area contributed by atoms with Crippen molar-refractivity contribution in [2.75, 3.05) is 25.7 Å². The first-order valence-corrected chi connectivity index (χ1v) is 17.9. The maximum absolute atomic E-state index is 15.5. The van der Waals surface area contributed by atoms with Gasteiger partial charge in [-0.15, -0.1) is 0 Å². The molecule has 270 valence electrons. The van der Waals surface area contributed by atoms with Crippen molar-refractivity contribution >= 4 is 40.9 Å². The van der Waals surface area contributed by atoms with Crippen LogP contribution in [0.4, 0.5) is 5.69 Å². The number of phenols is 2. The first-order chi connectivity index (χ1) is 25.6. The van der Waals surface area contributed by atoms with Crippen LogP contribution in [0.5, 0.6) is 23.0 Å². The molecule has 2 saturated heterocycles. The molecular formula is C42H37ClN2O8. The Kier molecular flexibility index (Phi) is 8.53. The van der Waals surface area contributed by atoms with Gasteiger partial charge in [0.05, 0.1) is 43.1 Å². The van der Waals surface area contributed by atoms with E-state index in [9.17, 15) is 19.8 Å². The molecule has 11 heteroatoms. The number of phenolic OH excluding ortho intramolecular Hbond substituents is 2. The molecule has 0 bridgehead atoms. The number of hydrogen-bond donors (Lipinski definition) is 2. The van der Waals surface area contributed by atoms with Crippen LogP contribution in [-0.2, 0) is 31.0 Å². The van der Waals surface area contributed by atoms with Crippen LogP contribution in [0, 0.1) is 23.7 Å². The van der Waals surface area contributed by atoms with Gasteiger partial charge < -0.3 is 19.7 Å². The Morgan fingerprint density at radius 3 is 2.15 bits per heavy atom. The van der Waals surface area contributed by atoms with E-state index in [-0.39, 0.29) is 54.2 Å². The van der Waals surface area contributed by atoms with Crippen LogP contribution < -0.4 is 14.4 Å². The summed E-state index contributed by atoms with van der Waals surface area (Å²) in [6.45, 7) is 0.165. The van der Waals surface area contributed by atoms with Gasteiger partial charge in [0, 0.05) is 35.2 Å². The highest BCUT2D eigenvalue weighted by Gasteiger charge is 2.71. The van der Waals surface area contributed by atoms with Gasteiger partial charge in [0.25, 0.3) is 0 Å². The lowest BCUT2D eigenvalue weighted by molar-refractivity contribution is -0.140. The molecule has 0 unspecified atom stereocenters. The normalized spacial score (nSPS) is 26.2. The molecule has 2 aliphatic heterocycles. The molecule has 53 heavy (non-hydrogen) atoms. The minimum atomic E-state index is -1.54. The summed E-state index contributed by atoms with van der Waals surface area (Å²) in [5.41, 5.74) is 1.43. The zero-order valence-corrected chi connectivity index (χ0v) is 29.8. The Morgan fingerprint density at radius 2 is 1.49 bits per heavy atom. The smallest absolute Gasteiger partial charge is 0.246 e. The van der Waals surface area contributed by atoms with E-state index in [0.717, 1.165) is 11.1 Å². The van der Waals surface area contributed by atoms with E-state index >= 15 is 9.59 Å². The van der Waals surface area contributed by atoms with Gasteiger partial charge in [0.2, 0.25) is 23.6 Å². The lowest BCUT2D eigenvalue weighted by Crippen LogP contribution is -2.53. The molecule has 8 rings (SSSR count).